The lowest BCUT2D eigenvalue weighted by Crippen LogP contribution is -2.40. The Labute approximate surface area is 204 Å². The highest BCUT2D eigenvalue weighted by Gasteiger charge is 2.50. The number of aromatic amines is 1. The molecule has 0 aliphatic carbocycles. The van der Waals surface area contributed by atoms with E-state index >= 15 is 0 Å². The molecule has 1 saturated heterocycles. The van der Waals surface area contributed by atoms with Gasteiger partial charge in [-0.1, -0.05) is 26.1 Å². The molecule has 0 aromatic carbocycles. The van der Waals surface area contributed by atoms with Gasteiger partial charge in [-0.05, 0) is 32.8 Å². The second-order valence-corrected chi connectivity index (χ2v) is 11.7. The first-order valence-corrected chi connectivity index (χ1v) is 12.9. The first-order valence-electron chi connectivity index (χ1n) is 10.9. The number of hydrogen-bond donors (Lipinski definition) is 5. The van der Waals surface area contributed by atoms with E-state index in [0.29, 0.717) is 0 Å². The highest BCUT2D eigenvalue weighted by Crippen LogP contribution is 2.59. The Morgan fingerprint density at radius 1 is 1.20 bits per heavy atom. The summed E-state index contributed by atoms with van der Waals surface area (Å²) in [5.74, 6) is -5.17. The van der Waals surface area contributed by atoms with Gasteiger partial charge in [0.25, 0.3) is 0 Å². The van der Waals surface area contributed by atoms with Gasteiger partial charge in [-0.3, -0.25) is 4.57 Å². The molecule has 0 aromatic heterocycles. The molecule has 0 aromatic rings. The Kier molecular flexibility index (Phi) is 7.87. The molecule has 7 atom stereocenters. The maximum absolute atomic E-state index is 14.3. The van der Waals surface area contributed by atoms with Crippen molar-refractivity contribution >= 4 is 19.8 Å². The second kappa shape index (κ2) is 9.79. The van der Waals surface area contributed by atoms with E-state index in [4.69, 9.17) is 21.5 Å². The van der Waals surface area contributed by atoms with Gasteiger partial charge in [0.15, 0.2) is 11.2 Å². The fourth-order valence-electron chi connectivity index (χ4n) is 3.79. The maximum atomic E-state index is 14.3. The van der Waals surface area contributed by atoms with Gasteiger partial charge >= 0.3 is 7.60 Å². The highest BCUT2D eigenvalue weighted by molar-refractivity contribution is 7.71. The van der Waals surface area contributed by atoms with E-state index in [1.807, 2.05) is 4.98 Å². The molecule has 0 saturated carbocycles. The first kappa shape index (κ1) is 28.1. The smallest absolute Gasteiger partial charge is 0.359 e. The Hall–Kier alpha value is -1.44. The van der Waals surface area contributed by atoms with Gasteiger partial charge in [-0.25, -0.2) is 9.37 Å². The van der Waals surface area contributed by atoms with Crippen LogP contribution in [0.5, 0.6) is 0 Å². The minimum absolute atomic E-state index is 0.0410. The van der Waals surface area contributed by atoms with Crippen LogP contribution in [0, 0.1) is 22.2 Å². The molecule has 9 nitrogen and oxygen atoms in total. The minimum Gasteiger partial charge on any atom is -0.388 e. The Bertz CT molecular complexity index is 1180. The zero-order chi connectivity index (χ0) is 26.5. The zero-order valence-corrected chi connectivity index (χ0v) is 21.2. The fraction of sp³-hybridized carbons (Fsp3) is 0.619. The van der Waals surface area contributed by atoms with E-state index in [-0.39, 0.29) is 35.3 Å². The Morgan fingerprint density at radius 2 is 1.83 bits per heavy atom. The van der Waals surface area contributed by atoms with E-state index in [0.717, 1.165) is 6.07 Å². The van der Waals surface area contributed by atoms with Crippen LogP contribution >= 0.6 is 19.8 Å². The lowest BCUT2D eigenvalue weighted by Gasteiger charge is -2.37. The third-order valence-electron chi connectivity index (χ3n) is 6.54. The van der Waals surface area contributed by atoms with Crippen LogP contribution in [0.25, 0.3) is 11.4 Å². The minimum atomic E-state index is -4.53. The van der Waals surface area contributed by atoms with Crippen LogP contribution in [0.4, 0.5) is 13.2 Å². The number of rotatable bonds is 8. The van der Waals surface area contributed by atoms with Crippen molar-refractivity contribution in [3.8, 4) is 11.4 Å². The van der Waals surface area contributed by atoms with Crippen molar-refractivity contribution in [1.82, 2.24) is 9.97 Å². The molecule has 35 heavy (non-hydrogen) atoms. The summed E-state index contributed by atoms with van der Waals surface area (Å²) in [5, 5.41) is 29.5. The van der Waals surface area contributed by atoms with Crippen molar-refractivity contribution in [2.24, 2.45) is 0 Å². The Morgan fingerprint density at radius 3 is 2.40 bits per heavy atom. The molecular weight excluding hydrogens is 512 g/mol. The molecule has 0 spiro atoms. The van der Waals surface area contributed by atoms with Gasteiger partial charge < -0.3 is 34.5 Å². The predicted molar refractivity (Wildman–Crippen MR) is 121 cm³/mol. The van der Waals surface area contributed by atoms with Crippen molar-refractivity contribution in [2.75, 3.05) is 0 Å². The third kappa shape index (κ3) is 5.19. The molecule has 5 N–H and O–H groups in total. The van der Waals surface area contributed by atoms with Crippen LogP contribution < -0.4 is 0 Å². The molecule has 0 bridgehead atoms. The van der Waals surface area contributed by atoms with Gasteiger partial charge in [-0.2, -0.15) is 8.78 Å². The number of halogens is 3. The number of nitrogens with one attached hydrogen (secondary N) is 1. The predicted octanol–water partition coefficient (Wildman–Crippen LogP) is 3.70. The second-order valence-electron chi connectivity index (χ2n) is 9.11. The summed E-state index contributed by atoms with van der Waals surface area (Å²) in [7, 11) is -4.53. The molecule has 196 valence electrons. The van der Waals surface area contributed by atoms with Gasteiger partial charge in [0, 0.05) is 12.0 Å². The van der Waals surface area contributed by atoms with Crippen LogP contribution in [0.2, 0.25) is 0 Å². The standard InChI is InChI=1S/C21H28F3N2O7PS/c1-5-20(3,33-34(30,31)21(4,29)6-2)8-11-14(27)15(28)16(32-11)10-7-9-12(22)13(23)17(24)25-18(9)26-19(10)35/h7,11,14-16,27-29H,5-6,8H2,1-4H3,(H,30,31)(H,25,26,35)/t11-,14?,15+,16+,20?,21?/m1/s1. The summed E-state index contributed by atoms with van der Waals surface area (Å²) in [6.45, 7) is 5.85. The van der Waals surface area contributed by atoms with Crippen LogP contribution in [0.15, 0.2) is 6.07 Å². The number of fused-ring (bicyclic) bond motifs is 1. The van der Waals surface area contributed by atoms with E-state index in [2.05, 4.69) is 4.98 Å². The summed E-state index contributed by atoms with van der Waals surface area (Å²) in [5.41, 5.74) is -1.84. The van der Waals surface area contributed by atoms with Crippen LogP contribution in [0.1, 0.15) is 58.6 Å². The average molecular weight is 540 g/mol. The van der Waals surface area contributed by atoms with Gasteiger partial charge in [0.1, 0.15) is 28.8 Å². The number of H-pyrrole nitrogens is 1. The molecule has 3 heterocycles. The quantitative estimate of drug-likeness (QED) is 0.192. The molecule has 3 rings (SSSR count). The first-order chi connectivity index (χ1) is 16.1. The molecule has 0 amide bonds. The number of pyridine rings is 2. The van der Waals surface area contributed by atoms with Gasteiger partial charge in [0.2, 0.25) is 11.8 Å². The molecule has 4 unspecified atom stereocenters. The number of aliphatic hydroxyl groups is 3. The van der Waals surface area contributed by atoms with Gasteiger partial charge in [-0.15, -0.1) is 0 Å². The van der Waals surface area contributed by atoms with E-state index in [1.54, 1.807) is 6.92 Å². The topological polar surface area (TPSA) is 145 Å². The van der Waals surface area contributed by atoms with E-state index < -0.39 is 66.1 Å². The maximum Gasteiger partial charge on any atom is 0.359 e. The van der Waals surface area contributed by atoms with Crippen LogP contribution in [-0.4, -0.2) is 59.4 Å². The molecule has 1 fully saturated rings. The molecule has 3 aliphatic heterocycles. The highest BCUT2D eigenvalue weighted by atomic mass is 32.1. The third-order valence-corrected chi connectivity index (χ3v) is 9.09. The lowest BCUT2D eigenvalue weighted by atomic mass is 9.92. The SMILES string of the molecule is CCC(C)(C[C@H]1O[C@@H](c2cc3c(F)c(F)c(F)[nH]c-3nc2=S)[C@@H](O)C1O)OP(=O)(O)C(C)(O)CC. The van der Waals surface area contributed by atoms with E-state index in [9.17, 15) is 37.9 Å². The molecular formula is C21H28F3N2O7PS. The van der Waals surface area contributed by atoms with Crippen molar-refractivity contribution in [1.29, 1.82) is 0 Å². The van der Waals surface area contributed by atoms with Crippen molar-refractivity contribution in [3.63, 3.8) is 0 Å². The summed E-state index contributed by atoms with van der Waals surface area (Å²) in [6.07, 6.45) is -5.56. The van der Waals surface area contributed by atoms with Crippen molar-refractivity contribution in [3.05, 3.63) is 33.9 Å². The van der Waals surface area contributed by atoms with Crippen molar-refractivity contribution in [2.45, 2.75) is 82.3 Å². The van der Waals surface area contributed by atoms with Crippen LogP contribution in [-0.2, 0) is 13.8 Å². The summed E-state index contributed by atoms with van der Waals surface area (Å²) >= 11 is 5.16. The van der Waals surface area contributed by atoms with Gasteiger partial charge in [0.05, 0.1) is 17.3 Å². The monoisotopic (exact) mass is 540 g/mol. The van der Waals surface area contributed by atoms with E-state index in [1.165, 1.54) is 20.8 Å². The lowest BCUT2D eigenvalue weighted by molar-refractivity contribution is -0.0532. The number of hydrogen-bond acceptors (Lipinski definition) is 8. The summed E-state index contributed by atoms with van der Waals surface area (Å²) < 4.78 is 65.3. The summed E-state index contributed by atoms with van der Waals surface area (Å²) in [6, 6.07) is 1.05. The zero-order valence-electron chi connectivity index (χ0n) is 19.5. The summed E-state index contributed by atoms with van der Waals surface area (Å²) in [4.78, 5) is 16.2. The number of ether oxygens (including phenoxy) is 1. The number of nitrogens with zero attached hydrogens (tertiary/aromatic N) is 1. The largest absolute Gasteiger partial charge is 0.388 e. The number of aliphatic hydroxyl groups excluding tert-OH is 2. The molecule has 3 aliphatic rings. The molecule has 14 heteroatoms. The number of aromatic nitrogens is 2. The molecule has 0 radical (unpaired) electrons. The Balaban J connectivity index is 1.92. The fourth-order valence-corrected chi connectivity index (χ4v) is 5.46. The normalized spacial score (nSPS) is 28.0. The van der Waals surface area contributed by atoms with Crippen molar-refractivity contribution < 1.29 is 47.2 Å². The van der Waals surface area contributed by atoms with Crippen LogP contribution in [0.3, 0.4) is 0 Å². The average Bonchev–Trinajstić information content (AvgIpc) is 3.04.